The highest BCUT2D eigenvalue weighted by Gasteiger charge is 2.34. The van der Waals surface area contributed by atoms with E-state index >= 15 is 0 Å². The zero-order valence-electron chi connectivity index (χ0n) is 21.5. The molecule has 0 unspecified atom stereocenters. The van der Waals surface area contributed by atoms with Crippen LogP contribution in [-0.2, 0) is 4.79 Å². The minimum Gasteiger partial charge on any atom is -0.478 e. The van der Waals surface area contributed by atoms with Crippen LogP contribution in [-0.4, -0.2) is 40.5 Å². The standard InChI is InChI=1S/C29H31N3O4.H3N/c1-18(2)25-15-14-24(17-19(25)3)31-29(36)32-16-4-5-26(32)27(33)30-23-12-10-21(11-13-23)20-6-8-22(9-7-20)28(34)35;/h6-15,17-18,26H,4-5,16H2,1-3H3,(H,30,33)(H,31,36)(H,34,35);1H3/t26-;/m1./s1. The van der Waals surface area contributed by atoms with Crippen molar-refractivity contribution < 1.29 is 19.5 Å². The lowest BCUT2D eigenvalue weighted by Gasteiger charge is -2.24. The van der Waals surface area contributed by atoms with Crippen molar-refractivity contribution in [2.24, 2.45) is 0 Å². The van der Waals surface area contributed by atoms with Crippen LogP contribution >= 0.6 is 0 Å². The molecule has 0 saturated carbocycles. The molecule has 1 fully saturated rings. The summed E-state index contributed by atoms with van der Waals surface area (Å²) < 4.78 is 0. The lowest BCUT2D eigenvalue weighted by molar-refractivity contribution is -0.119. The van der Waals surface area contributed by atoms with Crippen molar-refractivity contribution >= 4 is 29.3 Å². The van der Waals surface area contributed by atoms with Gasteiger partial charge in [-0.15, -0.1) is 0 Å². The van der Waals surface area contributed by atoms with Crippen molar-refractivity contribution in [1.82, 2.24) is 11.1 Å². The number of benzene rings is 3. The molecule has 8 heteroatoms. The highest BCUT2D eigenvalue weighted by atomic mass is 16.4. The van der Waals surface area contributed by atoms with Crippen LogP contribution < -0.4 is 16.8 Å². The van der Waals surface area contributed by atoms with Crippen molar-refractivity contribution in [3.05, 3.63) is 83.4 Å². The number of rotatable bonds is 6. The van der Waals surface area contributed by atoms with Crippen LogP contribution in [0.1, 0.15) is 54.1 Å². The number of carbonyl (C=O) groups is 3. The lowest BCUT2D eigenvalue weighted by Crippen LogP contribution is -2.45. The van der Waals surface area contributed by atoms with Gasteiger partial charge in [0, 0.05) is 17.9 Å². The average molecular weight is 503 g/mol. The highest BCUT2D eigenvalue weighted by molar-refractivity contribution is 5.99. The topological polar surface area (TPSA) is 134 Å². The van der Waals surface area contributed by atoms with Crippen molar-refractivity contribution in [2.75, 3.05) is 17.2 Å². The molecule has 0 spiro atoms. The molecule has 1 aliphatic rings. The van der Waals surface area contributed by atoms with Gasteiger partial charge in [-0.05, 0) is 84.3 Å². The summed E-state index contributed by atoms with van der Waals surface area (Å²) in [6.07, 6.45) is 1.38. The Morgan fingerprint density at radius 1 is 0.892 bits per heavy atom. The first kappa shape index (κ1) is 27.4. The number of carbonyl (C=O) groups excluding carboxylic acids is 2. The number of anilines is 2. The van der Waals surface area contributed by atoms with Gasteiger partial charge in [-0.3, -0.25) is 4.79 Å². The monoisotopic (exact) mass is 502 g/mol. The fourth-order valence-electron chi connectivity index (χ4n) is 4.66. The molecule has 6 N–H and O–H groups in total. The van der Waals surface area contributed by atoms with E-state index in [1.165, 1.54) is 5.56 Å². The molecule has 0 radical (unpaired) electrons. The number of aromatic carboxylic acids is 1. The molecule has 37 heavy (non-hydrogen) atoms. The summed E-state index contributed by atoms with van der Waals surface area (Å²) in [4.78, 5) is 38.6. The molecule has 8 nitrogen and oxygen atoms in total. The molecule has 0 aliphatic carbocycles. The maximum absolute atomic E-state index is 13.0. The smallest absolute Gasteiger partial charge is 0.335 e. The summed E-state index contributed by atoms with van der Waals surface area (Å²) in [6, 6.07) is 19.1. The van der Waals surface area contributed by atoms with Crippen molar-refractivity contribution in [3.63, 3.8) is 0 Å². The van der Waals surface area contributed by atoms with E-state index in [2.05, 4.69) is 24.5 Å². The van der Waals surface area contributed by atoms with E-state index < -0.39 is 12.0 Å². The summed E-state index contributed by atoms with van der Waals surface area (Å²) in [5.41, 5.74) is 5.75. The van der Waals surface area contributed by atoms with Gasteiger partial charge in [-0.25, -0.2) is 9.59 Å². The van der Waals surface area contributed by atoms with Crippen molar-refractivity contribution in [2.45, 2.75) is 45.6 Å². The summed E-state index contributed by atoms with van der Waals surface area (Å²) in [7, 11) is 0. The maximum Gasteiger partial charge on any atom is 0.335 e. The van der Waals surface area contributed by atoms with Gasteiger partial charge in [0.1, 0.15) is 6.04 Å². The van der Waals surface area contributed by atoms with Gasteiger partial charge in [0.2, 0.25) is 5.91 Å². The summed E-state index contributed by atoms with van der Waals surface area (Å²) in [5.74, 6) is -0.770. The second-order valence-corrected chi connectivity index (χ2v) is 9.46. The molecule has 1 heterocycles. The summed E-state index contributed by atoms with van der Waals surface area (Å²) >= 11 is 0. The van der Waals surface area contributed by atoms with Crippen LogP contribution in [0.15, 0.2) is 66.7 Å². The molecule has 3 aromatic rings. The number of amides is 3. The maximum atomic E-state index is 13.0. The molecule has 1 aliphatic heterocycles. The first-order valence-corrected chi connectivity index (χ1v) is 12.2. The van der Waals surface area contributed by atoms with Gasteiger partial charge in [0.05, 0.1) is 5.56 Å². The molecular weight excluding hydrogens is 468 g/mol. The number of carboxylic acid groups (broad SMARTS) is 1. The molecule has 3 aromatic carbocycles. The highest BCUT2D eigenvalue weighted by Crippen LogP contribution is 2.26. The van der Waals surface area contributed by atoms with Crippen LogP contribution in [0.3, 0.4) is 0 Å². The second-order valence-electron chi connectivity index (χ2n) is 9.46. The molecular formula is C29H34N4O4. The van der Waals surface area contributed by atoms with Gasteiger partial charge in [0.15, 0.2) is 0 Å². The molecule has 0 aromatic heterocycles. The lowest BCUT2D eigenvalue weighted by atomic mass is 9.98. The largest absolute Gasteiger partial charge is 0.478 e. The zero-order chi connectivity index (χ0) is 25.8. The van der Waals surface area contributed by atoms with Gasteiger partial charge >= 0.3 is 12.0 Å². The number of nitrogens with zero attached hydrogens (tertiary/aromatic N) is 1. The Balaban J connectivity index is 0.00000380. The van der Waals surface area contributed by atoms with E-state index in [4.69, 9.17) is 5.11 Å². The average Bonchev–Trinajstić information content (AvgIpc) is 3.35. The number of hydrogen-bond donors (Lipinski definition) is 4. The predicted octanol–water partition coefficient (Wildman–Crippen LogP) is 6.28. The van der Waals surface area contributed by atoms with Crippen LogP contribution in [0.4, 0.5) is 16.2 Å². The molecule has 0 bridgehead atoms. The Labute approximate surface area is 217 Å². The molecule has 1 atom stereocenters. The molecule has 3 amide bonds. The minimum absolute atomic E-state index is 0. The minimum atomic E-state index is -0.964. The van der Waals surface area contributed by atoms with Crippen LogP contribution in [0.5, 0.6) is 0 Å². The van der Waals surface area contributed by atoms with Gasteiger partial charge in [-0.2, -0.15) is 0 Å². The normalized spacial score (nSPS) is 14.7. The second kappa shape index (κ2) is 11.7. The van der Waals surface area contributed by atoms with Crippen molar-refractivity contribution in [1.29, 1.82) is 0 Å². The first-order chi connectivity index (χ1) is 17.2. The Morgan fingerprint density at radius 3 is 2.05 bits per heavy atom. The number of urea groups is 1. The Morgan fingerprint density at radius 2 is 1.49 bits per heavy atom. The zero-order valence-corrected chi connectivity index (χ0v) is 21.5. The Kier molecular flexibility index (Phi) is 8.68. The van der Waals surface area contributed by atoms with Crippen LogP contribution in [0.2, 0.25) is 0 Å². The Bertz CT molecular complexity index is 1270. The number of aryl methyl sites for hydroxylation is 1. The fraction of sp³-hybridized carbons (Fsp3) is 0.276. The van der Waals surface area contributed by atoms with E-state index in [1.54, 1.807) is 41.3 Å². The quantitative estimate of drug-likeness (QED) is 0.315. The van der Waals surface area contributed by atoms with Crippen LogP contribution in [0, 0.1) is 6.92 Å². The van der Waals surface area contributed by atoms with E-state index in [-0.39, 0.29) is 23.7 Å². The van der Waals surface area contributed by atoms with Gasteiger partial charge < -0.3 is 26.8 Å². The number of nitrogens with one attached hydrogen (secondary N) is 2. The third kappa shape index (κ3) is 6.34. The van der Waals surface area contributed by atoms with Crippen LogP contribution in [0.25, 0.3) is 11.1 Å². The van der Waals surface area contributed by atoms with Crippen molar-refractivity contribution in [3.8, 4) is 11.1 Å². The summed E-state index contributed by atoms with van der Waals surface area (Å²) in [6.45, 7) is 6.84. The van der Waals surface area contributed by atoms with E-state index in [1.807, 2.05) is 37.3 Å². The number of hydrogen-bond acceptors (Lipinski definition) is 4. The van der Waals surface area contributed by atoms with Gasteiger partial charge in [-0.1, -0.05) is 44.2 Å². The van der Waals surface area contributed by atoms with Gasteiger partial charge in [0.25, 0.3) is 0 Å². The molecule has 4 rings (SSSR count). The summed E-state index contributed by atoms with van der Waals surface area (Å²) in [5, 5.41) is 14.9. The van der Waals surface area contributed by atoms with E-state index in [9.17, 15) is 14.4 Å². The number of likely N-dealkylation sites (tertiary alicyclic amines) is 1. The van der Waals surface area contributed by atoms with E-state index in [0.717, 1.165) is 28.8 Å². The Hall–Kier alpha value is -4.17. The molecule has 194 valence electrons. The number of carboxylic acids is 1. The molecule has 1 saturated heterocycles. The SMILES string of the molecule is Cc1cc(NC(=O)N2CCC[C@@H]2C(=O)Nc2ccc(-c3ccc(C(=O)O)cc3)cc2)ccc1C(C)C.N. The van der Waals surface area contributed by atoms with E-state index in [0.29, 0.717) is 24.6 Å². The first-order valence-electron chi connectivity index (χ1n) is 12.2. The third-order valence-corrected chi connectivity index (χ3v) is 6.58. The fourth-order valence-corrected chi connectivity index (χ4v) is 4.66. The third-order valence-electron chi connectivity index (χ3n) is 6.58. The predicted molar refractivity (Wildman–Crippen MR) is 147 cm³/mol.